The number of aliphatic hydroxyl groups excluding tert-OH is 1. The van der Waals surface area contributed by atoms with Crippen LogP contribution in [0.4, 0.5) is 4.79 Å². The zero-order valence-electron chi connectivity index (χ0n) is 12.8. The second-order valence-electron chi connectivity index (χ2n) is 5.51. The molecule has 1 aromatic carbocycles. The van der Waals surface area contributed by atoms with Crippen molar-refractivity contribution < 1.29 is 19.4 Å². The van der Waals surface area contributed by atoms with Gasteiger partial charge < -0.3 is 19.6 Å². The Balaban J connectivity index is 2.03. The molecule has 1 aliphatic heterocycles. The van der Waals surface area contributed by atoms with E-state index in [1.165, 1.54) is 0 Å². The number of hydrogen-bond acceptors (Lipinski definition) is 5. The summed E-state index contributed by atoms with van der Waals surface area (Å²) in [5.74, 6) is -0.690. The highest BCUT2D eigenvalue weighted by molar-refractivity contribution is 5.84. The lowest BCUT2D eigenvalue weighted by atomic mass is 10.0. The van der Waals surface area contributed by atoms with Crippen LogP contribution >= 0.6 is 0 Å². The molecule has 22 heavy (non-hydrogen) atoms. The molecule has 1 atom stereocenters. The summed E-state index contributed by atoms with van der Waals surface area (Å²) in [5.41, 5.74) is 1.14. The number of amides is 1. The van der Waals surface area contributed by atoms with Crippen molar-refractivity contribution in [2.45, 2.75) is 18.9 Å². The van der Waals surface area contributed by atoms with Gasteiger partial charge in [-0.25, -0.2) is 4.79 Å². The number of ether oxygens (including phenoxy) is 1. The van der Waals surface area contributed by atoms with Gasteiger partial charge in [0.05, 0.1) is 19.1 Å². The summed E-state index contributed by atoms with van der Waals surface area (Å²) in [6.45, 7) is 1.69. The van der Waals surface area contributed by atoms with E-state index < -0.39 is 12.1 Å². The van der Waals surface area contributed by atoms with Gasteiger partial charge in [0.15, 0.2) is 0 Å². The molecule has 1 saturated heterocycles. The van der Waals surface area contributed by atoms with Crippen molar-refractivity contribution in [2.24, 2.45) is 0 Å². The Labute approximate surface area is 130 Å². The molecule has 0 bridgehead atoms. The molecule has 1 aliphatic rings. The van der Waals surface area contributed by atoms with Gasteiger partial charge in [0.2, 0.25) is 0 Å². The van der Waals surface area contributed by atoms with Gasteiger partial charge in [0.25, 0.3) is 0 Å². The minimum absolute atomic E-state index is 0.0319. The Morgan fingerprint density at radius 2 is 2.00 bits per heavy atom. The summed E-state index contributed by atoms with van der Waals surface area (Å²) < 4.78 is 4.80. The summed E-state index contributed by atoms with van der Waals surface area (Å²) in [4.78, 5) is 27.3. The van der Waals surface area contributed by atoms with Crippen molar-refractivity contribution >= 4 is 12.1 Å². The van der Waals surface area contributed by atoms with E-state index in [0.29, 0.717) is 13.0 Å². The van der Waals surface area contributed by atoms with Gasteiger partial charge in [0, 0.05) is 19.6 Å². The van der Waals surface area contributed by atoms with Crippen molar-refractivity contribution in [3.05, 3.63) is 35.9 Å². The highest BCUT2D eigenvalue weighted by Gasteiger charge is 2.31. The van der Waals surface area contributed by atoms with Gasteiger partial charge in [-0.15, -0.1) is 0 Å². The molecule has 0 aromatic heterocycles. The topological polar surface area (TPSA) is 70.1 Å². The van der Waals surface area contributed by atoms with Crippen LogP contribution in [0.3, 0.4) is 0 Å². The van der Waals surface area contributed by atoms with Gasteiger partial charge in [0.1, 0.15) is 0 Å². The van der Waals surface area contributed by atoms with Crippen molar-refractivity contribution in [1.82, 2.24) is 9.80 Å². The predicted molar refractivity (Wildman–Crippen MR) is 81.3 cm³/mol. The number of carbonyl (C=O) groups excluding carboxylic acids is 2. The maximum Gasteiger partial charge on any atom is 0.417 e. The van der Waals surface area contributed by atoms with E-state index in [2.05, 4.69) is 4.90 Å². The number of carbonyl (C=O) groups is 2. The highest BCUT2D eigenvalue weighted by atomic mass is 16.6. The molecule has 120 valence electrons. The fourth-order valence-electron chi connectivity index (χ4n) is 2.61. The van der Waals surface area contributed by atoms with Gasteiger partial charge in [-0.2, -0.15) is 0 Å². The Morgan fingerprint density at radius 3 is 2.68 bits per heavy atom. The summed E-state index contributed by atoms with van der Waals surface area (Å²) in [6.07, 6.45) is -0.0652. The number of esters is 1. The van der Waals surface area contributed by atoms with Crippen LogP contribution in [0, 0.1) is 0 Å². The Morgan fingerprint density at radius 1 is 1.27 bits per heavy atom. The molecule has 6 nitrogen and oxygen atoms in total. The van der Waals surface area contributed by atoms with E-state index in [9.17, 15) is 9.59 Å². The maximum atomic E-state index is 12.2. The zero-order valence-corrected chi connectivity index (χ0v) is 12.8. The van der Waals surface area contributed by atoms with Crippen LogP contribution in [0.25, 0.3) is 0 Å². The Kier molecular flexibility index (Phi) is 5.91. The monoisotopic (exact) mass is 306 g/mol. The largest absolute Gasteiger partial charge is 0.417 e. The quantitative estimate of drug-likeness (QED) is 0.661. The van der Waals surface area contributed by atoms with Crippen LogP contribution in [0.2, 0.25) is 0 Å². The van der Waals surface area contributed by atoms with E-state index in [4.69, 9.17) is 9.84 Å². The van der Waals surface area contributed by atoms with Crippen LogP contribution < -0.4 is 0 Å². The van der Waals surface area contributed by atoms with E-state index in [-0.39, 0.29) is 19.1 Å². The van der Waals surface area contributed by atoms with Gasteiger partial charge in [-0.1, -0.05) is 30.3 Å². The van der Waals surface area contributed by atoms with Crippen LogP contribution in [-0.4, -0.2) is 66.3 Å². The number of nitrogens with zero attached hydrogens (tertiary/aromatic N) is 2. The number of aliphatic hydroxyl groups is 1. The van der Waals surface area contributed by atoms with Gasteiger partial charge in [-0.05, 0) is 19.0 Å². The van der Waals surface area contributed by atoms with E-state index in [0.717, 1.165) is 18.7 Å². The first-order chi connectivity index (χ1) is 10.6. The minimum atomic E-state index is -0.690. The molecule has 1 aromatic rings. The van der Waals surface area contributed by atoms with Crippen molar-refractivity contribution in [2.75, 3.05) is 33.3 Å². The minimum Gasteiger partial charge on any atom is -0.396 e. The number of hydrogen-bond donors (Lipinski definition) is 1. The average Bonchev–Trinajstić information content (AvgIpc) is 2.48. The van der Waals surface area contributed by atoms with E-state index >= 15 is 0 Å². The molecular weight excluding hydrogens is 284 g/mol. The Hall–Kier alpha value is -1.92. The summed E-state index contributed by atoms with van der Waals surface area (Å²) in [6, 6.07) is 9.90. The molecule has 1 heterocycles. The summed E-state index contributed by atoms with van der Waals surface area (Å²) >= 11 is 0. The maximum absolute atomic E-state index is 12.2. The van der Waals surface area contributed by atoms with E-state index in [1.54, 1.807) is 4.90 Å². The molecule has 0 saturated carbocycles. The first-order valence-electron chi connectivity index (χ1n) is 7.44. The van der Waals surface area contributed by atoms with E-state index in [1.807, 2.05) is 37.4 Å². The fourth-order valence-corrected chi connectivity index (χ4v) is 2.61. The molecule has 2 rings (SSSR count). The lowest BCUT2D eigenvalue weighted by molar-refractivity contribution is -0.139. The average molecular weight is 306 g/mol. The van der Waals surface area contributed by atoms with Crippen molar-refractivity contribution in [3.63, 3.8) is 0 Å². The van der Waals surface area contributed by atoms with Crippen LogP contribution in [-0.2, 0) is 16.0 Å². The molecule has 0 unspecified atom stereocenters. The standard InChI is InChI=1S/C16H22N2O4/c1-17-8-9-18(16(21)22-15(20)7-10-19)14(12-17)11-13-5-3-2-4-6-13/h2-6,14,19H,7-12H2,1H3/t14-/m0/s1. The number of likely N-dealkylation sites (N-methyl/N-ethyl adjacent to an activating group) is 1. The molecule has 1 fully saturated rings. The second-order valence-corrected chi connectivity index (χ2v) is 5.51. The van der Waals surface area contributed by atoms with Gasteiger partial charge >= 0.3 is 12.1 Å². The number of piperazine rings is 1. The molecule has 0 radical (unpaired) electrons. The molecule has 1 N–H and O–H groups in total. The SMILES string of the molecule is CN1CCN(C(=O)OC(=O)CCO)[C@@H](Cc2ccccc2)C1. The second kappa shape index (κ2) is 7.91. The van der Waals surface area contributed by atoms with Crippen molar-refractivity contribution in [3.8, 4) is 0 Å². The zero-order chi connectivity index (χ0) is 15.9. The summed E-state index contributed by atoms with van der Waals surface area (Å²) in [5, 5.41) is 8.71. The first kappa shape index (κ1) is 16.5. The lowest BCUT2D eigenvalue weighted by Crippen LogP contribution is -2.55. The highest BCUT2D eigenvalue weighted by Crippen LogP contribution is 2.15. The molecule has 0 spiro atoms. The summed E-state index contributed by atoms with van der Waals surface area (Å²) in [7, 11) is 2.01. The fraction of sp³-hybridized carbons (Fsp3) is 0.500. The van der Waals surface area contributed by atoms with Crippen LogP contribution in [0.15, 0.2) is 30.3 Å². The molecule has 1 amide bonds. The first-order valence-corrected chi connectivity index (χ1v) is 7.44. The third-order valence-corrected chi connectivity index (χ3v) is 3.75. The smallest absolute Gasteiger partial charge is 0.396 e. The molecular formula is C16H22N2O4. The van der Waals surface area contributed by atoms with Crippen LogP contribution in [0.1, 0.15) is 12.0 Å². The Bertz CT molecular complexity index is 506. The van der Waals surface area contributed by atoms with Gasteiger partial charge in [-0.3, -0.25) is 4.79 Å². The molecule has 0 aliphatic carbocycles. The third kappa shape index (κ3) is 4.54. The normalized spacial score (nSPS) is 19.0. The number of benzene rings is 1. The third-order valence-electron chi connectivity index (χ3n) is 3.75. The lowest BCUT2D eigenvalue weighted by Gasteiger charge is -2.39. The number of rotatable bonds is 4. The predicted octanol–water partition coefficient (Wildman–Crippen LogP) is 0.891. The molecule has 6 heteroatoms. The van der Waals surface area contributed by atoms with Crippen LogP contribution in [0.5, 0.6) is 0 Å². The van der Waals surface area contributed by atoms with Crippen molar-refractivity contribution in [1.29, 1.82) is 0 Å².